The zero-order chi connectivity index (χ0) is 21.8. The first-order valence-electron chi connectivity index (χ1n) is 11.0. The summed E-state index contributed by atoms with van der Waals surface area (Å²) < 4.78 is 6.07. The van der Waals surface area contributed by atoms with Crippen LogP contribution < -0.4 is 10.1 Å². The maximum atomic E-state index is 13.6. The van der Waals surface area contributed by atoms with Gasteiger partial charge in [0.1, 0.15) is 11.4 Å². The Morgan fingerprint density at radius 3 is 2.52 bits per heavy atom. The van der Waals surface area contributed by atoms with Gasteiger partial charge in [0.15, 0.2) is 0 Å². The lowest BCUT2D eigenvalue weighted by Crippen LogP contribution is -2.56. The number of anilines is 1. The summed E-state index contributed by atoms with van der Waals surface area (Å²) in [5, 5.41) is 3.65. The average molecular weight is 415 g/mol. The van der Waals surface area contributed by atoms with Gasteiger partial charge in [0, 0.05) is 17.8 Å². The van der Waals surface area contributed by atoms with Crippen molar-refractivity contribution >= 4 is 11.6 Å². The van der Waals surface area contributed by atoms with E-state index in [0.717, 1.165) is 29.8 Å². The summed E-state index contributed by atoms with van der Waals surface area (Å²) in [6, 6.07) is 26.1. The van der Waals surface area contributed by atoms with Crippen LogP contribution in [-0.2, 0) is 12.1 Å². The Labute approximate surface area is 184 Å². The van der Waals surface area contributed by atoms with E-state index in [4.69, 9.17) is 4.74 Å². The molecule has 0 saturated carbocycles. The largest absolute Gasteiger partial charge is 0.491 e. The first-order chi connectivity index (χ1) is 15.0. The van der Waals surface area contributed by atoms with Crippen LogP contribution >= 0.6 is 0 Å². The number of amides is 1. The van der Waals surface area contributed by atoms with Crippen LogP contribution in [0.2, 0.25) is 0 Å². The van der Waals surface area contributed by atoms with Crippen molar-refractivity contribution in [1.29, 1.82) is 0 Å². The zero-order valence-electron chi connectivity index (χ0n) is 18.5. The molecule has 4 heteroatoms. The summed E-state index contributed by atoms with van der Waals surface area (Å²) in [7, 11) is 0. The van der Waals surface area contributed by atoms with Crippen LogP contribution in [0, 0.1) is 0 Å². The molecule has 0 aliphatic carbocycles. The Morgan fingerprint density at radius 1 is 1.00 bits per heavy atom. The fraction of sp³-hybridized carbons (Fsp3) is 0.296. The third-order valence-electron chi connectivity index (χ3n) is 6.10. The monoisotopic (exact) mass is 414 g/mol. The molecule has 1 N–H and O–H groups in total. The molecule has 0 radical (unpaired) electrons. The van der Waals surface area contributed by atoms with Gasteiger partial charge in [0.25, 0.3) is 5.91 Å². The Hall–Kier alpha value is -3.27. The van der Waals surface area contributed by atoms with Crippen molar-refractivity contribution in [3.63, 3.8) is 0 Å². The van der Waals surface area contributed by atoms with Crippen LogP contribution in [-0.4, -0.2) is 23.5 Å². The first kappa shape index (κ1) is 21.0. The molecule has 3 aromatic rings. The SMILES string of the molecule is CCC(C)Oc1cccc(C2(C)Nc3ccccc3C(=O)N2CCc2ccccc2)c1. The Balaban J connectivity index is 1.71. The third-order valence-corrected chi connectivity index (χ3v) is 6.10. The molecule has 0 saturated heterocycles. The second kappa shape index (κ2) is 8.84. The van der Waals surface area contributed by atoms with Crippen molar-refractivity contribution in [1.82, 2.24) is 4.90 Å². The molecule has 160 valence electrons. The second-order valence-corrected chi connectivity index (χ2v) is 8.30. The predicted molar refractivity (Wildman–Crippen MR) is 125 cm³/mol. The van der Waals surface area contributed by atoms with Crippen LogP contribution in [0.25, 0.3) is 0 Å². The van der Waals surface area contributed by atoms with Gasteiger partial charge in [0.2, 0.25) is 0 Å². The van der Waals surface area contributed by atoms with Gasteiger partial charge in [-0.25, -0.2) is 0 Å². The van der Waals surface area contributed by atoms with E-state index in [2.05, 4.69) is 50.4 Å². The van der Waals surface area contributed by atoms with Crippen molar-refractivity contribution in [3.05, 3.63) is 95.6 Å². The highest BCUT2D eigenvalue weighted by atomic mass is 16.5. The highest BCUT2D eigenvalue weighted by Crippen LogP contribution is 2.38. The normalized spacial score (nSPS) is 18.8. The molecule has 1 heterocycles. The molecular formula is C27H30N2O2. The van der Waals surface area contributed by atoms with Crippen LogP contribution in [0.5, 0.6) is 5.75 Å². The Bertz CT molecular complexity index is 1050. The van der Waals surface area contributed by atoms with Gasteiger partial charge in [0.05, 0.1) is 11.7 Å². The highest BCUT2D eigenvalue weighted by Gasteiger charge is 2.42. The van der Waals surface area contributed by atoms with E-state index in [-0.39, 0.29) is 12.0 Å². The minimum atomic E-state index is -0.685. The van der Waals surface area contributed by atoms with Gasteiger partial charge in [-0.1, -0.05) is 61.5 Å². The van der Waals surface area contributed by atoms with Gasteiger partial charge >= 0.3 is 0 Å². The van der Waals surface area contributed by atoms with E-state index < -0.39 is 5.66 Å². The molecule has 2 atom stereocenters. The van der Waals surface area contributed by atoms with Crippen LogP contribution in [0.3, 0.4) is 0 Å². The van der Waals surface area contributed by atoms with E-state index in [1.54, 1.807) is 0 Å². The molecule has 0 spiro atoms. The number of para-hydroxylation sites is 1. The van der Waals surface area contributed by atoms with Crippen LogP contribution in [0.15, 0.2) is 78.9 Å². The lowest BCUT2D eigenvalue weighted by Gasteiger charge is -2.47. The van der Waals surface area contributed by atoms with E-state index in [1.165, 1.54) is 5.56 Å². The molecular weight excluding hydrogens is 384 g/mol. The summed E-state index contributed by atoms with van der Waals surface area (Å²) >= 11 is 0. The lowest BCUT2D eigenvalue weighted by molar-refractivity contribution is 0.0538. The quantitative estimate of drug-likeness (QED) is 0.527. The number of hydrogen-bond acceptors (Lipinski definition) is 3. The van der Waals surface area contributed by atoms with Crippen molar-refractivity contribution in [2.75, 3.05) is 11.9 Å². The van der Waals surface area contributed by atoms with E-state index in [9.17, 15) is 4.79 Å². The molecule has 1 amide bonds. The molecule has 2 unspecified atom stereocenters. The molecule has 31 heavy (non-hydrogen) atoms. The van der Waals surface area contributed by atoms with Crippen molar-refractivity contribution < 1.29 is 9.53 Å². The van der Waals surface area contributed by atoms with Gasteiger partial charge < -0.3 is 15.0 Å². The first-order valence-corrected chi connectivity index (χ1v) is 11.0. The Morgan fingerprint density at radius 2 is 1.74 bits per heavy atom. The van der Waals surface area contributed by atoms with Crippen molar-refractivity contribution in [2.24, 2.45) is 0 Å². The molecule has 3 aromatic carbocycles. The molecule has 1 aliphatic rings. The Kier molecular flexibility index (Phi) is 5.99. The van der Waals surface area contributed by atoms with Gasteiger partial charge in [-0.2, -0.15) is 0 Å². The number of ether oxygens (including phenoxy) is 1. The molecule has 1 aliphatic heterocycles. The van der Waals surface area contributed by atoms with Gasteiger partial charge in [-0.3, -0.25) is 4.79 Å². The molecule has 0 bridgehead atoms. The number of nitrogens with one attached hydrogen (secondary N) is 1. The number of carbonyl (C=O) groups excluding carboxylic acids is 1. The maximum Gasteiger partial charge on any atom is 0.258 e. The number of carbonyl (C=O) groups is 1. The standard InChI is InChI=1S/C27H30N2O2/c1-4-20(2)31-23-14-10-13-22(19-23)27(3)28-25-16-9-8-15-24(25)26(30)29(27)18-17-21-11-6-5-7-12-21/h5-16,19-20,28H,4,17-18H2,1-3H3. The summed E-state index contributed by atoms with van der Waals surface area (Å²) in [6.45, 7) is 6.87. The number of hydrogen-bond donors (Lipinski definition) is 1. The van der Waals surface area contributed by atoms with E-state index >= 15 is 0 Å². The maximum absolute atomic E-state index is 13.6. The summed E-state index contributed by atoms with van der Waals surface area (Å²) in [5.41, 5.74) is 3.10. The molecule has 0 aromatic heterocycles. The number of fused-ring (bicyclic) bond motifs is 1. The van der Waals surface area contributed by atoms with E-state index in [0.29, 0.717) is 12.1 Å². The molecule has 4 rings (SSSR count). The minimum Gasteiger partial charge on any atom is -0.491 e. The lowest BCUT2D eigenvalue weighted by atomic mass is 9.92. The number of nitrogens with zero attached hydrogens (tertiary/aromatic N) is 1. The predicted octanol–water partition coefficient (Wildman–Crippen LogP) is 5.85. The number of rotatable bonds is 7. The summed E-state index contributed by atoms with van der Waals surface area (Å²) in [4.78, 5) is 15.5. The average Bonchev–Trinajstić information content (AvgIpc) is 2.79. The van der Waals surface area contributed by atoms with Gasteiger partial charge in [-0.15, -0.1) is 0 Å². The molecule has 0 fully saturated rings. The van der Waals surface area contributed by atoms with Gasteiger partial charge in [-0.05, 0) is 56.5 Å². The fourth-order valence-corrected chi connectivity index (χ4v) is 4.08. The van der Waals surface area contributed by atoms with Crippen molar-refractivity contribution in [3.8, 4) is 5.75 Å². The second-order valence-electron chi connectivity index (χ2n) is 8.30. The van der Waals surface area contributed by atoms with E-state index in [1.807, 2.05) is 59.5 Å². The van der Waals surface area contributed by atoms with Crippen LogP contribution in [0.1, 0.15) is 48.7 Å². The fourth-order valence-electron chi connectivity index (χ4n) is 4.08. The summed E-state index contributed by atoms with van der Waals surface area (Å²) in [5.74, 6) is 0.866. The van der Waals surface area contributed by atoms with Crippen LogP contribution in [0.4, 0.5) is 5.69 Å². The zero-order valence-corrected chi connectivity index (χ0v) is 18.5. The summed E-state index contributed by atoms with van der Waals surface area (Å²) in [6.07, 6.45) is 1.86. The van der Waals surface area contributed by atoms with Crippen molar-refractivity contribution in [2.45, 2.75) is 45.4 Å². The smallest absolute Gasteiger partial charge is 0.258 e. The number of benzene rings is 3. The highest BCUT2D eigenvalue weighted by molar-refractivity contribution is 6.02. The third kappa shape index (κ3) is 4.29. The topological polar surface area (TPSA) is 41.6 Å². The minimum absolute atomic E-state index is 0.0426. The molecule has 4 nitrogen and oxygen atoms in total.